The van der Waals surface area contributed by atoms with Crippen molar-refractivity contribution >= 4 is 56.6 Å². The van der Waals surface area contributed by atoms with Crippen molar-refractivity contribution < 1.29 is 14.4 Å². The highest BCUT2D eigenvalue weighted by atomic mass is 79.9. The number of anilines is 2. The van der Waals surface area contributed by atoms with Gasteiger partial charge in [-0.1, -0.05) is 40.5 Å². The van der Waals surface area contributed by atoms with Crippen LogP contribution in [0.2, 0.25) is 0 Å². The van der Waals surface area contributed by atoms with Crippen molar-refractivity contribution in [3.05, 3.63) is 69.3 Å². The highest BCUT2D eigenvalue weighted by Gasteiger charge is 2.39. The topological polar surface area (TPSA) is 69.7 Å². The smallest absolute Gasteiger partial charge is 0.283 e. The van der Waals surface area contributed by atoms with Crippen molar-refractivity contribution in [3.8, 4) is 0 Å². The van der Waals surface area contributed by atoms with Gasteiger partial charge in [0.2, 0.25) is 0 Å². The molecule has 2 aliphatic heterocycles. The van der Waals surface area contributed by atoms with E-state index in [1.54, 1.807) is 48.5 Å². The number of amides is 3. The van der Waals surface area contributed by atoms with Gasteiger partial charge in [-0.25, -0.2) is 4.90 Å². The summed E-state index contributed by atoms with van der Waals surface area (Å²) in [5.41, 5.74) is 1.48. The Morgan fingerprint density at radius 1 is 1.12 bits per heavy atom. The second kappa shape index (κ2) is 9.46. The van der Waals surface area contributed by atoms with Crippen LogP contribution in [0.25, 0.3) is 0 Å². The molecule has 8 heteroatoms. The second-order valence-electron chi connectivity index (χ2n) is 7.87. The van der Waals surface area contributed by atoms with Crippen LogP contribution in [0.15, 0.2) is 63.7 Å². The fraction of sp³-hybridized carbons (Fsp3) is 0.292. The molecule has 166 valence electrons. The number of benzene rings is 2. The first-order valence-corrected chi connectivity index (χ1v) is 11.8. The predicted octanol–water partition coefficient (Wildman–Crippen LogP) is 5.29. The highest BCUT2D eigenvalue weighted by Crippen LogP contribution is 2.31. The number of imide groups is 1. The molecule has 1 unspecified atom stereocenters. The number of hydrogen-bond donors (Lipinski definition) is 1. The Balaban J connectivity index is 1.55. The Kier molecular flexibility index (Phi) is 6.67. The zero-order chi connectivity index (χ0) is 22.8. The molecule has 0 spiro atoms. The molecule has 3 amide bonds. The maximum absolute atomic E-state index is 13.1. The zero-order valence-electron chi connectivity index (χ0n) is 17.6. The second-order valence-corrected chi connectivity index (χ2v) is 9.17. The van der Waals surface area contributed by atoms with Crippen molar-refractivity contribution in [1.29, 1.82) is 0 Å². The summed E-state index contributed by atoms with van der Waals surface area (Å²) in [6.45, 7) is 2.85. The summed E-state index contributed by atoms with van der Waals surface area (Å²) < 4.78 is 0.832. The zero-order valence-corrected chi connectivity index (χ0v) is 19.9. The van der Waals surface area contributed by atoms with Crippen LogP contribution in [-0.2, 0) is 9.59 Å². The number of halogens is 2. The molecule has 0 bridgehead atoms. The summed E-state index contributed by atoms with van der Waals surface area (Å²) in [4.78, 5) is 41.7. The fourth-order valence-corrected chi connectivity index (χ4v) is 4.65. The van der Waals surface area contributed by atoms with Crippen LogP contribution in [-0.4, -0.2) is 35.2 Å². The highest BCUT2D eigenvalue weighted by molar-refractivity contribution is 9.10. The van der Waals surface area contributed by atoms with E-state index in [9.17, 15) is 14.4 Å². The van der Waals surface area contributed by atoms with Crippen molar-refractivity contribution in [1.82, 2.24) is 4.90 Å². The summed E-state index contributed by atoms with van der Waals surface area (Å²) in [6, 6.07) is 14.0. The van der Waals surface area contributed by atoms with Gasteiger partial charge in [0.25, 0.3) is 17.7 Å². The molecule has 0 aliphatic carbocycles. The molecule has 32 heavy (non-hydrogen) atoms. The summed E-state index contributed by atoms with van der Waals surface area (Å²) in [5.74, 6) is -1.15. The van der Waals surface area contributed by atoms with Crippen LogP contribution in [0.4, 0.5) is 11.4 Å². The van der Waals surface area contributed by atoms with Crippen LogP contribution >= 0.6 is 27.5 Å². The van der Waals surface area contributed by atoms with E-state index >= 15 is 0 Å². The Morgan fingerprint density at radius 3 is 2.59 bits per heavy atom. The average Bonchev–Trinajstić information content (AvgIpc) is 3.02. The lowest BCUT2D eigenvalue weighted by molar-refractivity contribution is -0.120. The van der Waals surface area contributed by atoms with Crippen LogP contribution in [0, 0.1) is 0 Å². The number of likely N-dealkylation sites (tertiary alicyclic amines) is 1. The van der Waals surface area contributed by atoms with E-state index in [0.29, 0.717) is 16.9 Å². The average molecular weight is 517 g/mol. The number of rotatable bonds is 5. The van der Waals surface area contributed by atoms with Crippen LogP contribution in [0.3, 0.4) is 0 Å². The Morgan fingerprint density at radius 2 is 1.88 bits per heavy atom. The van der Waals surface area contributed by atoms with Gasteiger partial charge < -0.3 is 10.2 Å². The van der Waals surface area contributed by atoms with Gasteiger partial charge in [0, 0.05) is 28.3 Å². The van der Waals surface area contributed by atoms with E-state index in [4.69, 9.17) is 11.6 Å². The molecular formula is C24H23BrClN3O3. The van der Waals surface area contributed by atoms with Gasteiger partial charge in [0.05, 0.1) is 5.69 Å². The molecule has 2 aromatic carbocycles. The quantitative estimate of drug-likeness (QED) is 0.548. The molecular weight excluding hydrogens is 494 g/mol. The number of nitrogens with one attached hydrogen (secondary N) is 1. The van der Waals surface area contributed by atoms with Crippen LogP contribution in [0.1, 0.15) is 43.0 Å². The van der Waals surface area contributed by atoms with Gasteiger partial charge in [-0.2, -0.15) is 0 Å². The maximum Gasteiger partial charge on any atom is 0.283 e. The van der Waals surface area contributed by atoms with Crippen molar-refractivity contribution in [2.45, 2.75) is 38.6 Å². The molecule has 2 heterocycles. The molecule has 1 N–H and O–H groups in total. The Labute approximate surface area is 200 Å². The molecule has 1 atom stereocenters. The first kappa shape index (κ1) is 22.6. The van der Waals surface area contributed by atoms with Gasteiger partial charge in [-0.15, -0.1) is 0 Å². The van der Waals surface area contributed by atoms with Gasteiger partial charge in [-0.05, 0) is 68.1 Å². The summed E-state index contributed by atoms with van der Waals surface area (Å²) in [5, 5.41) is 2.78. The molecule has 0 aromatic heterocycles. The van der Waals surface area contributed by atoms with Crippen LogP contribution in [0.5, 0.6) is 0 Å². The molecule has 0 saturated carbocycles. The van der Waals surface area contributed by atoms with Gasteiger partial charge in [-0.3, -0.25) is 14.4 Å². The first-order valence-electron chi connectivity index (χ1n) is 10.6. The largest absolute Gasteiger partial charge is 0.350 e. The normalized spacial score (nSPS) is 19.0. The van der Waals surface area contributed by atoms with Crippen molar-refractivity contribution in [3.63, 3.8) is 0 Å². The third-order valence-corrected chi connectivity index (χ3v) is 6.73. The lowest BCUT2D eigenvalue weighted by atomic mass is 9.99. The molecule has 1 saturated heterocycles. The van der Waals surface area contributed by atoms with Crippen molar-refractivity contribution in [2.75, 3.05) is 16.8 Å². The predicted molar refractivity (Wildman–Crippen MR) is 129 cm³/mol. The lowest BCUT2D eigenvalue weighted by Gasteiger charge is -2.35. The monoisotopic (exact) mass is 515 g/mol. The maximum atomic E-state index is 13.1. The molecule has 4 rings (SSSR count). The number of carbonyl (C=O) groups excluding carboxylic acids is 3. The minimum absolute atomic E-state index is 0.00593. The number of nitrogens with zero attached hydrogens (tertiary/aromatic N) is 2. The van der Waals surface area contributed by atoms with E-state index in [0.717, 1.165) is 41.6 Å². The minimum Gasteiger partial charge on any atom is -0.350 e. The Bertz CT molecular complexity index is 1100. The minimum atomic E-state index is -0.590. The van der Waals surface area contributed by atoms with Crippen molar-refractivity contribution in [2.24, 2.45) is 0 Å². The first-order chi connectivity index (χ1) is 15.4. The van der Waals surface area contributed by atoms with E-state index in [-0.39, 0.29) is 22.7 Å². The van der Waals surface area contributed by atoms with E-state index in [2.05, 4.69) is 28.2 Å². The van der Waals surface area contributed by atoms with Crippen LogP contribution < -0.4 is 10.2 Å². The lowest BCUT2D eigenvalue weighted by Crippen LogP contribution is -2.43. The summed E-state index contributed by atoms with van der Waals surface area (Å²) >= 11 is 9.57. The van der Waals surface area contributed by atoms with Gasteiger partial charge in [0.15, 0.2) is 0 Å². The van der Waals surface area contributed by atoms with Gasteiger partial charge >= 0.3 is 0 Å². The number of piperidine rings is 1. The third kappa shape index (κ3) is 4.32. The molecule has 1 fully saturated rings. The summed E-state index contributed by atoms with van der Waals surface area (Å²) in [7, 11) is 0. The van der Waals surface area contributed by atoms with Gasteiger partial charge in [0.1, 0.15) is 10.7 Å². The van der Waals surface area contributed by atoms with E-state index in [1.807, 2.05) is 4.90 Å². The SMILES string of the molecule is CCC1CCCCN1C(=O)c1cccc(NC2=C(Cl)C(=O)N(c3ccc(Br)cc3)C2=O)c1. The fourth-order valence-electron chi connectivity index (χ4n) is 4.17. The van der Waals surface area contributed by atoms with E-state index < -0.39 is 11.8 Å². The molecule has 6 nitrogen and oxygen atoms in total. The Hall–Kier alpha value is -2.64. The molecule has 2 aromatic rings. The molecule has 2 aliphatic rings. The van der Waals surface area contributed by atoms with E-state index in [1.165, 1.54) is 0 Å². The summed E-state index contributed by atoms with van der Waals surface area (Å²) in [6.07, 6.45) is 4.09. The third-order valence-electron chi connectivity index (χ3n) is 5.85. The number of carbonyl (C=O) groups is 3. The standard InChI is InChI=1S/C24H23BrClN3O3/c1-2-18-8-3-4-13-28(18)22(30)15-6-5-7-17(14-15)27-21-20(26)23(31)29(24(21)32)19-11-9-16(25)10-12-19/h5-7,9-12,14,18,27H,2-4,8,13H2,1H3. The number of hydrogen-bond acceptors (Lipinski definition) is 4. The molecule has 0 radical (unpaired) electrons.